The van der Waals surface area contributed by atoms with E-state index in [1.54, 1.807) is 13.0 Å². The van der Waals surface area contributed by atoms with Crippen LogP contribution in [0.5, 0.6) is 0 Å². The van der Waals surface area contributed by atoms with Crippen LogP contribution in [0.3, 0.4) is 0 Å². The zero-order chi connectivity index (χ0) is 11.5. The summed E-state index contributed by atoms with van der Waals surface area (Å²) in [5, 5.41) is 3.56. The first-order valence-electron chi connectivity index (χ1n) is 5.55. The number of benzene rings is 1. The van der Waals surface area contributed by atoms with Gasteiger partial charge in [0.05, 0.1) is 5.02 Å². The summed E-state index contributed by atoms with van der Waals surface area (Å²) in [5.41, 5.74) is 1.49. The van der Waals surface area contributed by atoms with Gasteiger partial charge in [0.1, 0.15) is 5.82 Å². The highest BCUT2D eigenvalue weighted by molar-refractivity contribution is 6.31. The lowest BCUT2D eigenvalue weighted by molar-refractivity contribution is 0.233. The molecule has 1 aliphatic heterocycles. The maximum Gasteiger partial charge on any atom is 0.145 e. The Kier molecular flexibility index (Phi) is 3.79. The van der Waals surface area contributed by atoms with Crippen molar-refractivity contribution in [2.45, 2.75) is 13.5 Å². The molecule has 0 radical (unpaired) electrons. The Labute approximate surface area is 100 Å². The number of aryl methyl sites for hydroxylation is 1. The molecule has 16 heavy (non-hydrogen) atoms. The molecule has 0 bridgehead atoms. The van der Waals surface area contributed by atoms with Gasteiger partial charge in [0, 0.05) is 32.7 Å². The van der Waals surface area contributed by atoms with Crippen LogP contribution in [0.1, 0.15) is 11.1 Å². The fourth-order valence-corrected chi connectivity index (χ4v) is 2.19. The first-order chi connectivity index (χ1) is 7.68. The fraction of sp³-hybridized carbons (Fsp3) is 0.500. The minimum atomic E-state index is -0.283. The van der Waals surface area contributed by atoms with E-state index in [4.69, 9.17) is 11.6 Å². The number of halogens is 2. The van der Waals surface area contributed by atoms with Crippen LogP contribution in [0.4, 0.5) is 4.39 Å². The van der Waals surface area contributed by atoms with E-state index in [0.29, 0.717) is 5.56 Å². The SMILES string of the molecule is Cc1ccc(CN2CCNCC2)c(Cl)c1F. The Morgan fingerprint density at radius 1 is 1.38 bits per heavy atom. The lowest BCUT2D eigenvalue weighted by Gasteiger charge is -2.27. The standard InChI is InChI=1S/C12H16ClFN2/c1-9-2-3-10(11(13)12(9)14)8-16-6-4-15-5-7-16/h2-3,15H,4-8H2,1H3. The van der Waals surface area contributed by atoms with Gasteiger partial charge in [-0.05, 0) is 18.1 Å². The third-order valence-electron chi connectivity index (χ3n) is 2.96. The summed E-state index contributed by atoms with van der Waals surface area (Å²) in [6.07, 6.45) is 0. The van der Waals surface area contributed by atoms with Crippen molar-refractivity contribution >= 4 is 11.6 Å². The molecule has 1 N–H and O–H groups in total. The molecule has 0 spiro atoms. The minimum absolute atomic E-state index is 0.276. The van der Waals surface area contributed by atoms with Gasteiger partial charge in [0.15, 0.2) is 0 Å². The third kappa shape index (κ3) is 2.54. The smallest absolute Gasteiger partial charge is 0.145 e. The first kappa shape index (κ1) is 11.8. The molecule has 1 aliphatic rings. The predicted molar refractivity (Wildman–Crippen MR) is 64.3 cm³/mol. The highest BCUT2D eigenvalue weighted by atomic mass is 35.5. The van der Waals surface area contributed by atoms with Gasteiger partial charge in [-0.3, -0.25) is 4.90 Å². The zero-order valence-electron chi connectivity index (χ0n) is 9.39. The fourth-order valence-electron chi connectivity index (χ4n) is 1.92. The Morgan fingerprint density at radius 3 is 2.75 bits per heavy atom. The molecule has 0 atom stereocenters. The van der Waals surface area contributed by atoms with Gasteiger partial charge in [0.2, 0.25) is 0 Å². The number of rotatable bonds is 2. The topological polar surface area (TPSA) is 15.3 Å². The van der Waals surface area contributed by atoms with E-state index in [1.165, 1.54) is 0 Å². The summed E-state index contributed by atoms with van der Waals surface area (Å²) in [7, 11) is 0. The van der Waals surface area contributed by atoms with E-state index >= 15 is 0 Å². The van der Waals surface area contributed by atoms with Crippen LogP contribution in [0.25, 0.3) is 0 Å². The lowest BCUT2D eigenvalue weighted by atomic mass is 10.1. The van der Waals surface area contributed by atoms with Gasteiger partial charge in [-0.1, -0.05) is 23.7 Å². The normalized spacial score (nSPS) is 17.7. The van der Waals surface area contributed by atoms with Crippen molar-refractivity contribution in [2.75, 3.05) is 26.2 Å². The molecule has 0 saturated carbocycles. The van der Waals surface area contributed by atoms with Crippen molar-refractivity contribution < 1.29 is 4.39 Å². The van der Waals surface area contributed by atoms with Crippen LogP contribution in [-0.2, 0) is 6.54 Å². The molecule has 88 valence electrons. The molecule has 1 fully saturated rings. The molecule has 1 heterocycles. The van der Waals surface area contributed by atoms with Crippen molar-refractivity contribution in [2.24, 2.45) is 0 Å². The second-order valence-electron chi connectivity index (χ2n) is 4.20. The van der Waals surface area contributed by atoms with Crippen molar-refractivity contribution in [3.63, 3.8) is 0 Å². The van der Waals surface area contributed by atoms with Crippen LogP contribution in [0.15, 0.2) is 12.1 Å². The summed E-state index contributed by atoms with van der Waals surface area (Å²) in [4.78, 5) is 2.28. The molecule has 1 aromatic carbocycles. The number of piperazine rings is 1. The van der Waals surface area contributed by atoms with Gasteiger partial charge >= 0.3 is 0 Å². The second-order valence-corrected chi connectivity index (χ2v) is 4.57. The summed E-state index contributed by atoms with van der Waals surface area (Å²) in [6.45, 7) is 6.43. The Hall–Kier alpha value is -0.640. The van der Waals surface area contributed by atoms with Crippen LogP contribution in [0, 0.1) is 12.7 Å². The first-order valence-corrected chi connectivity index (χ1v) is 5.93. The summed E-state index contributed by atoms with van der Waals surface area (Å²) in [5.74, 6) is -0.283. The maximum atomic E-state index is 13.6. The number of nitrogens with one attached hydrogen (secondary N) is 1. The predicted octanol–water partition coefficient (Wildman–Crippen LogP) is 2.19. The largest absolute Gasteiger partial charge is 0.314 e. The number of hydrogen-bond acceptors (Lipinski definition) is 2. The molecule has 2 rings (SSSR count). The van der Waals surface area contributed by atoms with E-state index in [0.717, 1.165) is 38.3 Å². The average Bonchev–Trinajstić information content (AvgIpc) is 2.31. The molecular weight excluding hydrogens is 227 g/mol. The molecule has 4 heteroatoms. The van der Waals surface area contributed by atoms with Gasteiger partial charge < -0.3 is 5.32 Å². The van der Waals surface area contributed by atoms with Gasteiger partial charge in [-0.2, -0.15) is 0 Å². The molecule has 2 nitrogen and oxygen atoms in total. The van der Waals surface area contributed by atoms with Crippen LogP contribution >= 0.6 is 11.6 Å². The molecule has 0 amide bonds. The minimum Gasteiger partial charge on any atom is -0.314 e. The highest BCUT2D eigenvalue weighted by Gasteiger charge is 2.14. The monoisotopic (exact) mass is 242 g/mol. The van der Waals surface area contributed by atoms with Gasteiger partial charge in [0.25, 0.3) is 0 Å². The van der Waals surface area contributed by atoms with Crippen LogP contribution in [0.2, 0.25) is 5.02 Å². The molecular formula is C12H16ClFN2. The quantitative estimate of drug-likeness (QED) is 0.856. The van der Waals surface area contributed by atoms with Crippen molar-refractivity contribution in [1.82, 2.24) is 10.2 Å². The zero-order valence-corrected chi connectivity index (χ0v) is 10.1. The Bertz CT molecular complexity index is 376. The molecule has 0 aliphatic carbocycles. The molecule has 0 aromatic heterocycles. The highest BCUT2D eigenvalue weighted by Crippen LogP contribution is 2.24. The van der Waals surface area contributed by atoms with Gasteiger partial charge in [-0.25, -0.2) is 4.39 Å². The maximum absolute atomic E-state index is 13.6. The van der Waals surface area contributed by atoms with E-state index in [-0.39, 0.29) is 10.8 Å². The number of nitrogens with zero attached hydrogens (tertiary/aromatic N) is 1. The van der Waals surface area contributed by atoms with E-state index in [1.807, 2.05) is 6.07 Å². The second kappa shape index (κ2) is 5.13. The third-order valence-corrected chi connectivity index (χ3v) is 3.37. The van der Waals surface area contributed by atoms with E-state index < -0.39 is 0 Å². The molecule has 1 saturated heterocycles. The van der Waals surface area contributed by atoms with Gasteiger partial charge in [-0.15, -0.1) is 0 Å². The van der Waals surface area contributed by atoms with Crippen LogP contribution < -0.4 is 5.32 Å². The summed E-state index contributed by atoms with van der Waals surface area (Å²) in [6, 6.07) is 3.71. The summed E-state index contributed by atoms with van der Waals surface area (Å²) >= 11 is 6.00. The van der Waals surface area contributed by atoms with Crippen molar-refractivity contribution in [1.29, 1.82) is 0 Å². The molecule has 0 unspecified atom stereocenters. The van der Waals surface area contributed by atoms with E-state index in [2.05, 4.69) is 10.2 Å². The Balaban J connectivity index is 2.11. The average molecular weight is 243 g/mol. The van der Waals surface area contributed by atoms with Crippen LogP contribution in [-0.4, -0.2) is 31.1 Å². The Morgan fingerprint density at radius 2 is 2.06 bits per heavy atom. The van der Waals surface area contributed by atoms with Crippen molar-refractivity contribution in [3.05, 3.63) is 34.1 Å². The summed E-state index contributed by atoms with van der Waals surface area (Å²) < 4.78 is 13.6. The van der Waals surface area contributed by atoms with Crippen molar-refractivity contribution in [3.8, 4) is 0 Å². The lowest BCUT2D eigenvalue weighted by Crippen LogP contribution is -2.42. The number of hydrogen-bond donors (Lipinski definition) is 1. The van der Waals surface area contributed by atoms with E-state index in [9.17, 15) is 4.39 Å². The molecule has 1 aromatic rings.